The molecule has 0 aliphatic carbocycles. The number of hydrogen-bond donors (Lipinski definition) is 0. The van der Waals surface area contributed by atoms with Gasteiger partial charge in [0.05, 0.1) is 25.5 Å². The lowest BCUT2D eigenvalue weighted by Crippen LogP contribution is -2.40. The van der Waals surface area contributed by atoms with E-state index >= 15 is 0 Å². The van der Waals surface area contributed by atoms with Crippen LogP contribution in [0.2, 0.25) is 0 Å². The lowest BCUT2D eigenvalue weighted by molar-refractivity contribution is 0.0723. The molecule has 0 N–H and O–H groups in total. The van der Waals surface area contributed by atoms with Crippen LogP contribution in [-0.4, -0.2) is 67.2 Å². The van der Waals surface area contributed by atoms with E-state index in [2.05, 4.69) is 4.90 Å². The summed E-state index contributed by atoms with van der Waals surface area (Å²) in [6, 6.07) is 3.45. The predicted molar refractivity (Wildman–Crippen MR) is 109 cm³/mol. The molecule has 1 fully saturated rings. The van der Waals surface area contributed by atoms with Crippen LogP contribution in [0.5, 0.6) is 0 Å². The van der Waals surface area contributed by atoms with E-state index in [0.717, 1.165) is 48.8 Å². The fraction of sp³-hybridized carbons (Fsp3) is 0.476. The van der Waals surface area contributed by atoms with Gasteiger partial charge in [0, 0.05) is 45.2 Å². The van der Waals surface area contributed by atoms with E-state index in [0.29, 0.717) is 32.1 Å². The molecule has 0 spiro atoms. The van der Waals surface area contributed by atoms with Gasteiger partial charge < -0.3 is 19.4 Å². The zero-order chi connectivity index (χ0) is 21.3. The zero-order valence-electron chi connectivity index (χ0n) is 17.2. The Morgan fingerprint density at radius 1 is 1.17 bits per heavy atom. The molecule has 0 unspecified atom stereocenters. The van der Waals surface area contributed by atoms with E-state index in [1.807, 2.05) is 18.9 Å². The van der Waals surface area contributed by atoms with Crippen molar-refractivity contribution in [2.45, 2.75) is 19.9 Å². The third-order valence-electron chi connectivity index (χ3n) is 5.62. The molecule has 2 aliphatic heterocycles. The van der Waals surface area contributed by atoms with Crippen LogP contribution >= 0.6 is 0 Å². The first kappa shape index (κ1) is 20.5. The van der Waals surface area contributed by atoms with Gasteiger partial charge in [0.2, 0.25) is 5.95 Å². The van der Waals surface area contributed by atoms with Crippen molar-refractivity contribution >= 4 is 17.7 Å². The molecule has 9 heteroatoms. The number of amides is 1. The molecule has 1 saturated heterocycles. The summed E-state index contributed by atoms with van der Waals surface area (Å²) in [6.07, 6.45) is 0.502. The normalized spacial score (nSPS) is 16.4. The van der Waals surface area contributed by atoms with Crippen LogP contribution in [0.15, 0.2) is 18.2 Å². The fourth-order valence-electron chi connectivity index (χ4n) is 3.79. The average Bonchev–Trinajstić information content (AvgIpc) is 2.77. The highest BCUT2D eigenvalue weighted by atomic mass is 19.1. The van der Waals surface area contributed by atoms with Crippen molar-refractivity contribution in [3.05, 3.63) is 46.7 Å². The lowest BCUT2D eigenvalue weighted by Gasteiger charge is -2.34. The van der Waals surface area contributed by atoms with Crippen LogP contribution in [-0.2, 0) is 17.7 Å². The molecule has 1 aromatic carbocycles. The molecular weight excluding hydrogens is 392 g/mol. The smallest absolute Gasteiger partial charge is 0.260 e. The van der Waals surface area contributed by atoms with Gasteiger partial charge in [-0.3, -0.25) is 4.79 Å². The molecule has 7 nitrogen and oxygen atoms in total. The second-order valence-corrected chi connectivity index (χ2v) is 7.46. The number of benzene rings is 1. The van der Waals surface area contributed by atoms with Crippen LogP contribution in [0.25, 0.3) is 0 Å². The minimum absolute atomic E-state index is 0.213. The number of anilines is 2. The summed E-state index contributed by atoms with van der Waals surface area (Å²) < 4.78 is 33.7. The van der Waals surface area contributed by atoms with Gasteiger partial charge in [-0.15, -0.1) is 0 Å². The van der Waals surface area contributed by atoms with Crippen LogP contribution in [0, 0.1) is 11.6 Å². The topological polar surface area (TPSA) is 61.8 Å². The number of carbonyl (C=O) groups is 1. The van der Waals surface area contributed by atoms with Gasteiger partial charge >= 0.3 is 0 Å². The standard InChI is InChI=1S/C21H25F2N5O2/c1-3-26(2)19-14-13-28(20(29)18-15(22)5-4-6-16(18)23)8-7-17(14)24-21(25-19)27-9-11-30-12-10-27/h4-6H,3,7-13H2,1-2H3. The second-order valence-electron chi connectivity index (χ2n) is 7.46. The molecule has 0 bridgehead atoms. The number of morpholine rings is 1. The molecule has 2 aromatic rings. The van der Waals surface area contributed by atoms with Gasteiger partial charge in [-0.05, 0) is 19.1 Å². The first-order valence-electron chi connectivity index (χ1n) is 10.2. The summed E-state index contributed by atoms with van der Waals surface area (Å²) >= 11 is 0. The quantitative estimate of drug-likeness (QED) is 0.761. The zero-order valence-corrected chi connectivity index (χ0v) is 17.2. The third-order valence-corrected chi connectivity index (χ3v) is 5.62. The number of halogens is 2. The van der Waals surface area contributed by atoms with Crippen molar-refractivity contribution in [3.63, 3.8) is 0 Å². The SMILES string of the molecule is CCN(C)c1nc(N2CCOCC2)nc2c1CN(C(=O)c1c(F)cccc1F)CC2. The van der Waals surface area contributed by atoms with Gasteiger partial charge in [0.1, 0.15) is 23.0 Å². The number of hydrogen-bond acceptors (Lipinski definition) is 6. The van der Waals surface area contributed by atoms with Crippen LogP contribution in [0.1, 0.15) is 28.5 Å². The third kappa shape index (κ3) is 3.81. The number of ether oxygens (including phenoxy) is 1. The monoisotopic (exact) mass is 417 g/mol. The Morgan fingerprint density at radius 3 is 2.53 bits per heavy atom. The predicted octanol–water partition coefficient (Wildman–Crippen LogP) is 2.25. The Kier molecular flexibility index (Phi) is 5.80. The van der Waals surface area contributed by atoms with Crippen LogP contribution < -0.4 is 9.80 Å². The van der Waals surface area contributed by atoms with Crippen molar-refractivity contribution in [1.82, 2.24) is 14.9 Å². The number of fused-ring (bicyclic) bond motifs is 1. The van der Waals surface area contributed by atoms with E-state index in [9.17, 15) is 13.6 Å². The average molecular weight is 417 g/mol. The van der Waals surface area contributed by atoms with Gasteiger partial charge in [-0.2, -0.15) is 4.98 Å². The van der Waals surface area contributed by atoms with Gasteiger partial charge in [-0.25, -0.2) is 13.8 Å². The van der Waals surface area contributed by atoms with Crippen LogP contribution in [0.3, 0.4) is 0 Å². The van der Waals surface area contributed by atoms with Gasteiger partial charge in [0.15, 0.2) is 0 Å². The molecule has 3 heterocycles. The highest BCUT2D eigenvalue weighted by Gasteiger charge is 2.30. The molecule has 0 radical (unpaired) electrons. The second kappa shape index (κ2) is 8.51. The molecule has 160 valence electrons. The minimum Gasteiger partial charge on any atom is -0.378 e. The molecular formula is C21H25F2N5O2. The molecule has 1 aromatic heterocycles. The van der Waals surface area contributed by atoms with E-state index < -0.39 is 23.1 Å². The maximum Gasteiger partial charge on any atom is 0.260 e. The Hall–Kier alpha value is -2.81. The van der Waals surface area contributed by atoms with Crippen molar-refractivity contribution in [1.29, 1.82) is 0 Å². The molecule has 1 amide bonds. The molecule has 0 atom stereocenters. The minimum atomic E-state index is -0.851. The molecule has 0 saturated carbocycles. The summed E-state index contributed by atoms with van der Waals surface area (Å²) in [6.45, 7) is 6.02. The highest BCUT2D eigenvalue weighted by Crippen LogP contribution is 2.30. The number of carbonyl (C=O) groups excluding carboxylic acids is 1. The van der Waals surface area contributed by atoms with Crippen molar-refractivity contribution in [3.8, 4) is 0 Å². The number of rotatable bonds is 4. The fourth-order valence-corrected chi connectivity index (χ4v) is 3.79. The van der Waals surface area contributed by atoms with Crippen molar-refractivity contribution < 1.29 is 18.3 Å². The first-order chi connectivity index (χ1) is 14.5. The summed E-state index contributed by atoms with van der Waals surface area (Å²) in [5, 5.41) is 0. The van der Waals surface area contributed by atoms with E-state index in [1.54, 1.807) is 0 Å². The molecule has 30 heavy (non-hydrogen) atoms. The first-order valence-corrected chi connectivity index (χ1v) is 10.2. The van der Waals surface area contributed by atoms with Crippen molar-refractivity contribution in [2.75, 3.05) is 56.2 Å². The number of aromatic nitrogens is 2. The Labute approximate surface area is 174 Å². The van der Waals surface area contributed by atoms with E-state index in [4.69, 9.17) is 14.7 Å². The van der Waals surface area contributed by atoms with Gasteiger partial charge in [-0.1, -0.05) is 6.07 Å². The van der Waals surface area contributed by atoms with Crippen molar-refractivity contribution in [2.24, 2.45) is 0 Å². The number of nitrogens with zero attached hydrogens (tertiary/aromatic N) is 5. The Balaban J connectivity index is 1.67. The summed E-state index contributed by atoms with van der Waals surface area (Å²) in [5.41, 5.74) is 1.18. The Morgan fingerprint density at radius 2 is 1.87 bits per heavy atom. The Bertz CT molecular complexity index is 929. The van der Waals surface area contributed by atoms with E-state index in [1.165, 1.54) is 11.0 Å². The highest BCUT2D eigenvalue weighted by molar-refractivity contribution is 5.95. The molecule has 4 rings (SSSR count). The van der Waals surface area contributed by atoms with Crippen LogP contribution in [0.4, 0.5) is 20.5 Å². The van der Waals surface area contributed by atoms with Gasteiger partial charge in [0.25, 0.3) is 5.91 Å². The van der Waals surface area contributed by atoms with E-state index in [-0.39, 0.29) is 6.54 Å². The summed E-state index contributed by atoms with van der Waals surface area (Å²) in [4.78, 5) is 28.0. The maximum absolute atomic E-state index is 14.1. The maximum atomic E-state index is 14.1. The summed E-state index contributed by atoms with van der Waals surface area (Å²) in [5.74, 6) is -0.951. The molecule has 2 aliphatic rings. The summed E-state index contributed by atoms with van der Waals surface area (Å²) in [7, 11) is 1.93. The largest absolute Gasteiger partial charge is 0.378 e. The lowest BCUT2D eigenvalue weighted by atomic mass is 10.0.